The number of nitrogens with zero attached hydrogens (tertiary/aromatic N) is 3. The highest BCUT2D eigenvalue weighted by Gasteiger charge is 2.30. The van der Waals surface area contributed by atoms with Gasteiger partial charge in [-0.1, -0.05) is 42.5 Å². The number of hydrogen-bond acceptors (Lipinski definition) is 4. The van der Waals surface area contributed by atoms with Crippen LogP contribution in [0.2, 0.25) is 0 Å². The van der Waals surface area contributed by atoms with Crippen molar-refractivity contribution >= 4 is 33.1 Å². The zero-order chi connectivity index (χ0) is 19.8. The minimum atomic E-state index is -0.460. The van der Waals surface area contributed by atoms with Crippen molar-refractivity contribution in [2.24, 2.45) is 0 Å². The van der Waals surface area contributed by atoms with E-state index in [0.29, 0.717) is 0 Å². The van der Waals surface area contributed by atoms with E-state index in [9.17, 15) is 5.11 Å². The Kier molecular flexibility index (Phi) is 5.14. The molecule has 1 aliphatic heterocycles. The third kappa shape index (κ3) is 3.49. The third-order valence-electron chi connectivity index (χ3n) is 6.05. The summed E-state index contributed by atoms with van der Waals surface area (Å²) >= 11 is 1.83. The van der Waals surface area contributed by atoms with E-state index < -0.39 is 6.10 Å². The van der Waals surface area contributed by atoms with Crippen molar-refractivity contribution in [1.29, 1.82) is 0 Å². The summed E-state index contributed by atoms with van der Waals surface area (Å²) in [5.41, 5.74) is 2.39. The van der Waals surface area contributed by atoms with Crippen LogP contribution in [0.25, 0.3) is 21.8 Å². The Bertz CT molecular complexity index is 1040. The molecule has 0 aliphatic carbocycles. The minimum absolute atomic E-state index is 0.0660. The number of hydrogen-bond donors (Lipinski definition) is 1. The molecule has 0 bridgehead atoms. The third-order valence-corrected chi connectivity index (χ3v) is 6.92. The summed E-state index contributed by atoms with van der Waals surface area (Å²) in [7, 11) is 0. The standard InChI is InChI=1S/C24H27N3OS/c1-18(28)24(26-14-12-25(13-15-26)17-19-7-6-16-29-19)27-22-10-4-2-8-20(22)21-9-3-5-11-23(21)27/h2-11,16,18,24,28H,12-15,17H2,1H3. The average Bonchev–Trinajstić information content (AvgIpc) is 3.36. The van der Waals surface area contributed by atoms with Crippen molar-refractivity contribution in [2.45, 2.75) is 25.7 Å². The maximum Gasteiger partial charge on any atom is 0.113 e. The van der Waals surface area contributed by atoms with Crippen LogP contribution in [-0.4, -0.2) is 51.8 Å². The first-order valence-corrected chi connectivity index (χ1v) is 11.2. The molecule has 1 saturated heterocycles. The van der Waals surface area contributed by atoms with Gasteiger partial charge in [0.2, 0.25) is 0 Å². The second-order valence-electron chi connectivity index (χ2n) is 7.95. The highest BCUT2D eigenvalue weighted by Crippen LogP contribution is 2.34. The summed E-state index contributed by atoms with van der Waals surface area (Å²) in [6.45, 7) is 6.92. The fourth-order valence-electron chi connectivity index (χ4n) is 4.73. The summed E-state index contributed by atoms with van der Waals surface area (Å²) < 4.78 is 2.35. The molecule has 4 nitrogen and oxygen atoms in total. The molecule has 3 heterocycles. The molecule has 29 heavy (non-hydrogen) atoms. The molecular formula is C24H27N3OS. The Labute approximate surface area is 175 Å². The van der Waals surface area contributed by atoms with Gasteiger partial charge in [-0.15, -0.1) is 11.3 Å². The molecule has 0 radical (unpaired) electrons. The normalized spacial score (nSPS) is 18.4. The number of rotatable bonds is 5. The molecule has 5 rings (SSSR count). The van der Waals surface area contributed by atoms with Crippen molar-refractivity contribution < 1.29 is 5.11 Å². The highest BCUT2D eigenvalue weighted by molar-refractivity contribution is 7.09. The first-order valence-electron chi connectivity index (χ1n) is 10.4. The molecule has 4 aromatic rings. The molecule has 0 spiro atoms. The van der Waals surface area contributed by atoms with E-state index in [4.69, 9.17) is 0 Å². The second-order valence-corrected chi connectivity index (χ2v) is 8.98. The van der Waals surface area contributed by atoms with Gasteiger partial charge in [-0.05, 0) is 30.5 Å². The summed E-state index contributed by atoms with van der Waals surface area (Å²) in [5.74, 6) is 0. The SMILES string of the molecule is CC(O)C(N1CCN(Cc2cccs2)CC1)n1c2ccccc2c2ccccc21. The van der Waals surface area contributed by atoms with Gasteiger partial charge in [0, 0.05) is 48.4 Å². The van der Waals surface area contributed by atoms with Gasteiger partial charge in [0.1, 0.15) is 6.17 Å². The van der Waals surface area contributed by atoms with E-state index in [2.05, 4.69) is 80.4 Å². The molecular weight excluding hydrogens is 378 g/mol. The number of aliphatic hydroxyl groups is 1. The van der Waals surface area contributed by atoms with Gasteiger partial charge in [0.15, 0.2) is 0 Å². The number of piperazine rings is 1. The summed E-state index contributed by atoms with van der Waals surface area (Å²) in [6, 6.07) is 21.5. The molecule has 2 unspecified atom stereocenters. The van der Waals surface area contributed by atoms with Crippen molar-refractivity contribution in [1.82, 2.24) is 14.4 Å². The largest absolute Gasteiger partial charge is 0.390 e. The van der Waals surface area contributed by atoms with Crippen molar-refractivity contribution in [3.63, 3.8) is 0 Å². The highest BCUT2D eigenvalue weighted by atomic mass is 32.1. The number of thiophene rings is 1. The van der Waals surface area contributed by atoms with E-state index in [1.165, 1.54) is 26.7 Å². The zero-order valence-corrected chi connectivity index (χ0v) is 17.6. The number of aliphatic hydroxyl groups excluding tert-OH is 1. The fraction of sp³-hybridized carbons (Fsp3) is 0.333. The van der Waals surface area contributed by atoms with Gasteiger partial charge in [0.25, 0.3) is 0 Å². The van der Waals surface area contributed by atoms with Crippen LogP contribution in [0.4, 0.5) is 0 Å². The molecule has 0 saturated carbocycles. The van der Waals surface area contributed by atoms with Crippen LogP contribution in [0.5, 0.6) is 0 Å². The van der Waals surface area contributed by atoms with Crippen molar-refractivity contribution in [3.05, 3.63) is 70.9 Å². The van der Waals surface area contributed by atoms with Gasteiger partial charge in [-0.2, -0.15) is 0 Å². The molecule has 1 aliphatic rings. The van der Waals surface area contributed by atoms with Gasteiger partial charge < -0.3 is 9.67 Å². The molecule has 1 fully saturated rings. The van der Waals surface area contributed by atoms with Crippen LogP contribution in [0.1, 0.15) is 18.0 Å². The Morgan fingerprint density at radius 3 is 2.03 bits per heavy atom. The van der Waals surface area contributed by atoms with E-state index in [1.807, 2.05) is 18.3 Å². The molecule has 1 N–H and O–H groups in total. The topological polar surface area (TPSA) is 31.6 Å². The fourth-order valence-corrected chi connectivity index (χ4v) is 5.48. The molecule has 150 valence electrons. The molecule has 0 amide bonds. The van der Waals surface area contributed by atoms with Crippen LogP contribution in [0, 0.1) is 0 Å². The van der Waals surface area contributed by atoms with Gasteiger partial charge in [-0.25, -0.2) is 0 Å². The first-order chi connectivity index (χ1) is 14.2. The lowest BCUT2D eigenvalue weighted by Gasteiger charge is -2.41. The summed E-state index contributed by atoms with van der Waals surface area (Å²) in [6.07, 6.45) is -0.526. The van der Waals surface area contributed by atoms with E-state index in [1.54, 1.807) is 0 Å². The Hall–Kier alpha value is -2.18. The van der Waals surface area contributed by atoms with Crippen LogP contribution in [-0.2, 0) is 6.54 Å². The quantitative estimate of drug-likeness (QED) is 0.528. The predicted molar refractivity (Wildman–Crippen MR) is 121 cm³/mol. The first kappa shape index (κ1) is 18.8. The summed E-state index contributed by atoms with van der Waals surface area (Å²) in [4.78, 5) is 6.40. The molecule has 2 atom stereocenters. The van der Waals surface area contributed by atoms with Gasteiger partial charge in [0.05, 0.1) is 17.1 Å². The lowest BCUT2D eigenvalue weighted by Crippen LogP contribution is -2.50. The monoisotopic (exact) mass is 405 g/mol. The van der Waals surface area contributed by atoms with Crippen molar-refractivity contribution in [2.75, 3.05) is 26.2 Å². The summed E-state index contributed by atoms with van der Waals surface area (Å²) in [5, 5.41) is 15.5. The van der Waals surface area contributed by atoms with E-state index in [0.717, 1.165) is 32.7 Å². The number of aromatic nitrogens is 1. The lowest BCUT2D eigenvalue weighted by atomic mass is 10.2. The van der Waals surface area contributed by atoms with E-state index in [-0.39, 0.29) is 6.17 Å². The minimum Gasteiger partial charge on any atom is -0.390 e. The van der Waals surface area contributed by atoms with Crippen molar-refractivity contribution in [3.8, 4) is 0 Å². The van der Waals surface area contributed by atoms with Gasteiger partial charge >= 0.3 is 0 Å². The van der Waals surface area contributed by atoms with E-state index >= 15 is 0 Å². The predicted octanol–water partition coefficient (Wildman–Crippen LogP) is 4.55. The maximum atomic E-state index is 10.9. The lowest BCUT2D eigenvalue weighted by molar-refractivity contribution is -0.00663. The number of para-hydroxylation sites is 2. The molecule has 2 aromatic carbocycles. The average molecular weight is 406 g/mol. The number of benzene rings is 2. The maximum absolute atomic E-state index is 10.9. The Balaban J connectivity index is 1.47. The van der Waals surface area contributed by atoms with Crippen LogP contribution < -0.4 is 0 Å². The van der Waals surface area contributed by atoms with Gasteiger partial charge in [-0.3, -0.25) is 9.80 Å². The molecule has 2 aromatic heterocycles. The van der Waals surface area contributed by atoms with Crippen LogP contribution in [0.3, 0.4) is 0 Å². The second kappa shape index (κ2) is 7.92. The Morgan fingerprint density at radius 1 is 0.862 bits per heavy atom. The number of fused-ring (bicyclic) bond motifs is 3. The Morgan fingerprint density at radius 2 is 1.48 bits per heavy atom. The zero-order valence-electron chi connectivity index (χ0n) is 16.7. The van der Waals surface area contributed by atoms with Crippen LogP contribution >= 0.6 is 11.3 Å². The smallest absolute Gasteiger partial charge is 0.113 e. The van der Waals surface area contributed by atoms with Crippen LogP contribution in [0.15, 0.2) is 66.0 Å². The molecule has 5 heteroatoms.